The molecule has 24 heavy (non-hydrogen) atoms. The summed E-state index contributed by atoms with van der Waals surface area (Å²) in [6.45, 7) is 5.95. The minimum atomic E-state index is -0.239. The van der Waals surface area contributed by atoms with Gasteiger partial charge in [-0.15, -0.1) is 12.4 Å². The molecular weight excluding hydrogens is 326 g/mol. The minimum absolute atomic E-state index is 0. The number of fused-ring (bicyclic) bond motifs is 1. The third-order valence-corrected chi connectivity index (χ3v) is 3.90. The van der Waals surface area contributed by atoms with Gasteiger partial charge >= 0.3 is 0 Å². The number of carbonyl (C=O) groups is 2. The highest BCUT2D eigenvalue weighted by Crippen LogP contribution is 2.32. The Hall–Kier alpha value is -1.85. The number of amides is 2. The van der Waals surface area contributed by atoms with Gasteiger partial charge in [0.05, 0.1) is 12.5 Å². The Bertz CT molecular complexity index is 589. The molecule has 2 amide bonds. The van der Waals surface area contributed by atoms with E-state index in [9.17, 15) is 9.59 Å². The molecule has 1 aliphatic rings. The highest BCUT2D eigenvalue weighted by atomic mass is 35.5. The van der Waals surface area contributed by atoms with Crippen LogP contribution in [0.3, 0.4) is 0 Å². The average Bonchev–Trinajstić information content (AvgIpc) is 2.54. The molecule has 0 saturated heterocycles. The van der Waals surface area contributed by atoms with Crippen LogP contribution in [0.25, 0.3) is 6.08 Å². The lowest BCUT2D eigenvalue weighted by atomic mass is 9.93. The zero-order valence-corrected chi connectivity index (χ0v) is 15.1. The van der Waals surface area contributed by atoms with Crippen LogP contribution in [0.5, 0.6) is 0 Å². The van der Waals surface area contributed by atoms with Gasteiger partial charge in [0.25, 0.3) is 0 Å². The van der Waals surface area contributed by atoms with Gasteiger partial charge in [-0.05, 0) is 30.2 Å². The van der Waals surface area contributed by atoms with E-state index in [-0.39, 0.29) is 36.7 Å². The Morgan fingerprint density at radius 3 is 2.62 bits per heavy atom. The van der Waals surface area contributed by atoms with Gasteiger partial charge in [-0.1, -0.05) is 31.2 Å². The van der Waals surface area contributed by atoms with Crippen LogP contribution in [0.2, 0.25) is 0 Å². The van der Waals surface area contributed by atoms with E-state index < -0.39 is 0 Å². The van der Waals surface area contributed by atoms with E-state index in [2.05, 4.69) is 17.6 Å². The normalized spacial score (nSPS) is 15.4. The summed E-state index contributed by atoms with van der Waals surface area (Å²) in [5, 5.41) is 6.16. The number of hydrogen-bond acceptors (Lipinski definition) is 3. The smallest absolute Gasteiger partial charge is 0.223 e. The summed E-state index contributed by atoms with van der Waals surface area (Å²) in [4.78, 5) is 25.7. The first-order valence-corrected chi connectivity index (χ1v) is 8.17. The van der Waals surface area contributed by atoms with Crippen molar-refractivity contribution in [1.82, 2.24) is 15.5 Å². The molecule has 1 aromatic rings. The Balaban J connectivity index is 0.00000288. The fraction of sp³-hybridized carbons (Fsp3) is 0.444. The van der Waals surface area contributed by atoms with Crippen molar-refractivity contribution in [2.45, 2.75) is 32.7 Å². The van der Waals surface area contributed by atoms with Crippen LogP contribution in [0.4, 0.5) is 0 Å². The standard InChI is InChI=1S/C18H25N3O2.ClH/c1-3-9-19-10-11-20-18(23)13-17-16-7-5-4-6-15(16)8-12-21(17)14(2)22;/h4-8,12,17,19H,3,9-11,13H2,1-2H3,(H,20,23);1H. The van der Waals surface area contributed by atoms with E-state index in [0.717, 1.165) is 30.6 Å². The van der Waals surface area contributed by atoms with Crippen LogP contribution < -0.4 is 10.6 Å². The van der Waals surface area contributed by atoms with Crippen LogP contribution in [0.15, 0.2) is 30.5 Å². The number of hydrogen-bond donors (Lipinski definition) is 2. The van der Waals surface area contributed by atoms with E-state index in [1.807, 2.05) is 30.3 Å². The molecule has 0 fully saturated rings. The van der Waals surface area contributed by atoms with Crippen LogP contribution in [0, 0.1) is 0 Å². The molecule has 0 radical (unpaired) electrons. The van der Waals surface area contributed by atoms with Gasteiger partial charge in [-0.25, -0.2) is 0 Å². The molecule has 0 spiro atoms. The maximum Gasteiger partial charge on any atom is 0.223 e. The maximum absolute atomic E-state index is 12.2. The maximum atomic E-state index is 12.2. The largest absolute Gasteiger partial charge is 0.355 e. The molecular formula is C18H26ClN3O2. The summed E-state index contributed by atoms with van der Waals surface area (Å²) in [7, 11) is 0. The molecule has 5 nitrogen and oxygen atoms in total. The molecule has 0 saturated carbocycles. The Kier molecular flexibility index (Phi) is 8.50. The molecule has 1 unspecified atom stereocenters. The van der Waals surface area contributed by atoms with E-state index in [1.54, 1.807) is 11.1 Å². The Morgan fingerprint density at radius 2 is 1.92 bits per heavy atom. The third kappa shape index (κ3) is 5.35. The monoisotopic (exact) mass is 351 g/mol. The summed E-state index contributed by atoms with van der Waals surface area (Å²) < 4.78 is 0. The molecule has 1 aliphatic heterocycles. The number of nitrogens with zero attached hydrogens (tertiary/aromatic N) is 1. The minimum Gasteiger partial charge on any atom is -0.355 e. The van der Waals surface area contributed by atoms with Crippen molar-refractivity contribution in [1.29, 1.82) is 0 Å². The molecule has 1 heterocycles. The lowest BCUT2D eigenvalue weighted by Gasteiger charge is -2.32. The van der Waals surface area contributed by atoms with E-state index in [1.165, 1.54) is 6.92 Å². The predicted molar refractivity (Wildman–Crippen MR) is 98.8 cm³/mol. The van der Waals surface area contributed by atoms with Crippen LogP contribution >= 0.6 is 12.4 Å². The molecule has 2 N–H and O–H groups in total. The van der Waals surface area contributed by atoms with Crippen molar-refractivity contribution in [3.63, 3.8) is 0 Å². The Morgan fingerprint density at radius 1 is 1.17 bits per heavy atom. The van der Waals surface area contributed by atoms with Gasteiger partial charge in [0.1, 0.15) is 0 Å². The first-order valence-electron chi connectivity index (χ1n) is 8.17. The van der Waals surface area contributed by atoms with Gasteiger partial charge in [-0.3, -0.25) is 9.59 Å². The van der Waals surface area contributed by atoms with Gasteiger partial charge in [0.2, 0.25) is 11.8 Å². The van der Waals surface area contributed by atoms with Gasteiger partial charge in [0.15, 0.2) is 0 Å². The van der Waals surface area contributed by atoms with Crippen molar-refractivity contribution in [2.24, 2.45) is 0 Å². The zero-order valence-electron chi connectivity index (χ0n) is 14.2. The first-order chi connectivity index (χ1) is 11.1. The van der Waals surface area contributed by atoms with E-state index in [0.29, 0.717) is 6.54 Å². The summed E-state index contributed by atoms with van der Waals surface area (Å²) in [6, 6.07) is 7.65. The molecule has 1 aromatic carbocycles. The molecule has 6 heteroatoms. The number of benzene rings is 1. The summed E-state index contributed by atoms with van der Waals surface area (Å²) in [6.07, 6.45) is 5.03. The van der Waals surface area contributed by atoms with Gasteiger partial charge in [0, 0.05) is 26.2 Å². The molecule has 132 valence electrons. The van der Waals surface area contributed by atoms with Crippen molar-refractivity contribution in [3.05, 3.63) is 41.6 Å². The second-order valence-electron chi connectivity index (χ2n) is 5.69. The quantitative estimate of drug-likeness (QED) is 0.742. The fourth-order valence-corrected chi connectivity index (χ4v) is 2.75. The lowest BCUT2D eigenvalue weighted by Crippen LogP contribution is -2.37. The molecule has 0 aliphatic carbocycles. The van der Waals surface area contributed by atoms with Gasteiger partial charge in [-0.2, -0.15) is 0 Å². The van der Waals surface area contributed by atoms with Crippen molar-refractivity contribution < 1.29 is 9.59 Å². The Labute approximate surface area is 149 Å². The van der Waals surface area contributed by atoms with Crippen LogP contribution in [0.1, 0.15) is 43.9 Å². The van der Waals surface area contributed by atoms with Crippen LogP contribution in [-0.4, -0.2) is 36.3 Å². The van der Waals surface area contributed by atoms with Crippen LogP contribution in [-0.2, 0) is 9.59 Å². The van der Waals surface area contributed by atoms with Crippen molar-refractivity contribution in [3.8, 4) is 0 Å². The van der Waals surface area contributed by atoms with Gasteiger partial charge < -0.3 is 15.5 Å². The number of carbonyl (C=O) groups excluding carboxylic acids is 2. The zero-order chi connectivity index (χ0) is 16.7. The number of rotatable bonds is 7. The van der Waals surface area contributed by atoms with Crippen molar-refractivity contribution >= 4 is 30.3 Å². The highest BCUT2D eigenvalue weighted by Gasteiger charge is 2.27. The number of halogens is 1. The topological polar surface area (TPSA) is 61.4 Å². The molecule has 2 rings (SSSR count). The summed E-state index contributed by atoms with van der Waals surface area (Å²) >= 11 is 0. The second-order valence-corrected chi connectivity index (χ2v) is 5.69. The number of nitrogens with one attached hydrogen (secondary N) is 2. The first kappa shape index (κ1) is 20.2. The van der Waals surface area contributed by atoms with E-state index in [4.69, 9.17) is 0 Å². The summed E-state index contributed by atoms with van der Waals surface area (Å²) in [5.41, 5.74) is 2.08. The predicted octanol–water partition coefficient (Wildman–Crippen LogP) is 2.49. The lowest BCUT2D eigenvalue weighted by molar-refractivity contribution is -0.129. The second kappa shape index (κ2) is 10.1. The molecule has 1 atom stereocenters. The third-order valence-electron chi connectivity index (χ3n) is 3.90. The van der Waals surface area contributed by atoms with Crippen molar-refractivity contribution in [2.75, 3.05) is 19.6 Å². The highest BCUT2D eigenvalue weighted by molar-refractivity contribution is 5.85. The fourth-order valence-electron chi connectivity index (χ4n) is 2.75. The molecule has 0 bridgehead atoms. The van der Waals surface area contributed by atoms with E-state index >= 15 is 0 Å². The SMILES string of the molecule is CCCNCCNC(=O)CC1c2ccccc2C=CN1C(C)=O.Cl. The average molecular weight is 352 g/mol. The summed E-state index contributed by atoms with van der Waals surface area (Å²) in [5.74, 6) is -0.0946. The molecule has 0 aromatic heterocycles.